The number of H-pyrrole nitrogens is 1. The van der Waals surface area contributed by atoms with E-state index in [0.717, 1.165) is 17.2 Å². The van der Waals surface area contributed by atoms with Gasteiger partial charge in [-0.2, -0.15) is 5.10 Å². The van der Waals surface area contributed by atoms with Crippen LogP contribution in [0.15, 0.2) is 28.7 Å². The number of nitrogens with one attached hydrogen (secondary N) is 2. The van der Waals surface area contributed by atoms with Gasteiger partial charge in [0.15, 0.2) is 5.82 Å². The highest BCUT2D eigenvalue weighted by Crippen LogP contribution is 2.14. The lowest BCUT2D eigenvalue weighted by Gasteiger charge is -2.19. The standard InChI is InChI=1S/C18H23N7O2/c1-4-16-23-24-17(27-16)11-25(5-2)18(26)20-14-8-6-13(7-9-14)10-15-19-12(3)21-22-15/h6-9H,4-5,10-11H2,1-3H3,(H,20,26)(H,19,21,22). The van der Waals surface area contributed by atoms with Gasteiger partial charge in [0.05, 0.1) is 0 Å². The third-order valence-corrected chi connectivity index (χ3v) is 4.02. The number of carbonyl (C=O) groups is 1. The van der Waals surface area contributed by atoms with Gasteiger partial charge in [-0.05, 0) is 31.5 Å². The average molecular weight is 369 g/mol. The van der Waals surface area contributed by atoms with Gasteiger partial charge in [-0.1, -0.05) is 19.1 Å². The van der Waals surface area contributed by atoms with E-state index in [2.05, 4.69) is 30.7 Å². The number of anilines is 1. The van der Waals surface area contributed by atoms with E-state index in [4.69, 9.17) is 4.42 Å². The van der Waals surface area contributed by atoms with Crippen molar-refractivity contribution in [3.05, 3.63) is 53.3 Å². The minimum atomic E-state index is -0.217. The molecule has 3 rings (SSSR count). The van der Waals surface area contributed by atoms with E-state index in [1.54, 1.807) is 4.90 Å². The quantitative estimate of drug-likeness (QED) is 0.662. The summed E-state index contributed by atoms with van der Waals surface area (Å²) in [4.78, 5) is 18.4. The zero-order valence-electron chi connectivity index (χ0n) is 15.7. The normalized spacial score (nSPS) is 10.8. The summed E-state index contributed by atoms with van der Waals surface area (Å²) in [5, 5.41) is 17.7. The highest BCUT2D eigenvalue weighted by Gasteiger charge is 2.16. The summed E-state index contributed by atoms with van der Waals surface area (Å²) in [6.45, 7) is 6.51. The summed E-state index contributed by atoms with van der Waals surface area (Å²) < 4.78 is 5.48. The van der Waals surface area contributed by atoms with Gasteiger partial charge in [-0.15, -0.1) is 10.2 Å². The molecule has 2 aromatic heterocycles. The van der Waals surface area contributed by atoms with E-state index >= 15 is 0 Å². The molecule has 27 heavy (non-hydrogen) atoms. The molecule has 0 saturated carbocycles. The second-order valence-corrected chi connectivity index (χ2v) is 6.10. The Bertz CT molecular complexity index is 885. The van der Waals surface area contributed by atoms with Crippen LogP contribution in [0.3, 0.4) is 0 Å². The van der Waals surface area contributed by atoms with Crippen molar-refractivity contribution in [1.82, 2.24) is 30.3 Å². The summed E-state index contributed by atoms with van der Waals surface area (Å²) in [7, 11) is 0. The Hall–Kier alpha value is -3.23. The average Bonchev–Trinajstić information content (AvgIpc) is 3.29. The largest absolute Gasteiger partial charge is 0.423 e. The minimum absolute atomic E-state index is 0.217. The fraction of sp³-hybridized carbons (Fsp3) is 0.389. The van der Waals surface area contributed by atoms with Gasteiger partial charge < -0.3 is 14.6 Å². The first-order valence-corrected chi connectivity index (χ1v) is 8.91. The van der Waals surface area contributed by atoms with Gasteiger partial charge >= 0.3 is 6.03 Å². The maximum atomic E-state index is 12.5. The highest BCUT2D eigenvalue weighted by molar-refractivity contribution is 5.89. The van der Waals surface area contributed by atoms with Crippen LogP contribution in [0.2, 0.25) is 0 Å². The number of aryl methyl sites for hydroxylation is 2. The smallest absolute Gasteiger partial charge is 0.322 e. The zero-order chi connectivity index (χ0) is 19.2. The molecule has 0 bridgehead atoms. The van der Waals surface area contributed by atoms with E-state index in [0.29, 0.717) is 36.9 Å². The molecule has 2 N–H and O–H groups in total. The van der Waals surface area contributed by atoms with Crippen molar-refractivity contribution < 1.29 is 9.21 Å². The Morgan fingerprint density at radius 3 is 2.52 bits per heavy atom. The fourth-order valence-corrected chi connectivity index (χ4v) is 2.54. The van der Waals surface area contributed by atoms with Crippen LogP contribution in [0.1, 0.15) is 42.8 Å². The van der Waals surface area contributed by atoms with E-state index in [1.807, 2.05) is 45.0 Å². The van der Waals surface area contributed by atoms with Gasteiger partial charge in [0.25, 0.3) is 0 Å². The summed E-state index contributed by atoms with van der Waals surface area (Å²) in [6, 6.07) is 7.41. The van der Waals surface area contributed by atoms with Gasteiger partial charge in [-0.25, -0.2) is 9.78 Å². The topological polar surface area (TPSA) is 113 Å². The summed E-state index contributed by atoms with van der Waals surface area (Å²) in [5.41, 5.74) is 1.78. The van der Waals surface area contributed by atoms with Crippen molar-refractivity contribution in [3.8, 4) is 0 Å². The first kappa shape index (κ1) is 18.6. The maximum absolute atomic E-state index is 12.5. The number of benzene rings is 1. The molecule has 0 aliphatic rings. The molecule has 9 heteroatoms. The van der Waals surface area contributed by atoms with Crippen molar-refractivity contribution in [3.63, 3.8) is 0 Å². The minimum Gasteiger partial charge on any atom is -0.423 e. The predicted molar refractivity (Wildman–Crippen MR) is 99.1 cm³/mol. The molecule has 142 valence electrons. The molecule has 2 amide bonds. The van der Waals surface area contributed by atoms with Crippen LogP contribution in [-0.2, 0) is 19.4 Å². The molecule has 9 nitrogen and oxygen atoms in total. The Kier molecular flexibility index (Phi) is 5.80. The molecule has 0 aliphatic carbocycles. The molecule has 3 aromatic rings. The van der Waals surface area contributed by atoms with Gasteiger partial charge in [0, 0.05) is 25.1 Å². The molecule has 0 aliphatic heterocycles. The third kappa shape index (κ3) is 4.90. The lowest BCUT2D eigenvalue weighted by atomic mass is 10.1. The van der Waals surface area contributed by atoms with Gasteiger partial charge in [-0.3, -0.25) is 5.10 Å². The molecule has 0 unspecified atom stereocenters. The molecule has 2 heterocycles. The molecule has 0 saturated heterocycles. The van der Waals surface area contributed by atoms with Crippen LogP contribution in [-0.4, -0.2) is 42.9 Å². The van der Waals surface area contributed by atoms with Crippen molar-refractivity contribution >= 4 is 11.7 Å². The molecular formula is C18H23N7O2. The summed E-state index contributed by atoms with van der Waals surface area (Å²) in [5.74, 6) is 2.54. The lowest BCUT2D eigenvalue weighted by molar-refractivity contribution is 0.205. The third-order valence-electron chi connectivity index (χ3n) is 4.02. The van der Waals surface area contributed by atoms with Gasteiger partial charge in [0.2, 0.25) is 11.8 Å². The number of rotatable bonds is 7. The van der Waals surface area contributed by atoms with Crippen molar-refractivity contribution in [2.24, 2.45) is 0 Å². The number of urea groups is 1. The number of amides is 2. The van der Waals surface area contributed by atoms with Crippen molar-refractivity contribution in [2.75, 3.05) is 11.9 Å². The maximum Gasteiger partial charge on any atom is 0.322 e. The van der Waals surface area contributed by atoms with Gasteiger partial charge in [0.1, 0.15) is 12.4 Å². The monoisotopic (exact) mass is 369 g/mol. The zero-order valence-corrected chi connectivity index (χ0v) is 15.7. The fourth-order valence-electron chi connectivity index (χ4n) is 2.54. The number of nitrogens with zero attached hydrogens (tertiary/aromatic N) is 5. The SMILES string of the molecule is CCc1nnc(CN(CC)C(=O)Nc2ccc(Cc3n[nH]c(C)n3)cc2)o1. The number of hydrogen-bond acceptors (Lipinski definition) is 6. The Balaban J connectivity index is 1.58. The first-order chi connectivity index (χ1) is 13.1. The number of aromatic amines is 1. The van der Waals surface area contributed by atoms with Crippen LogP contribution >= 0.6 is 0 Å². The number of hydrogen-bond donors (Lipinski definition) is 2. The van der Waals surface area contributed by atoms with Crippen LogP contribution in [0.25, 0.3) is 0 Å². The predicted octanol–water partition coefficient (Wildman–Crippen LogP) is 2.70. The molecule has 1 aromatic carbocycles. The number of carbonyl (C=O) groups excluding carboxylic acids is 1. The van der Waals surface area contributed by atoms with E-state index < -0.39 is 0 Å². The van der Waals surface area contributed by atoms with E-state index in [-0.39, 0.29) is 12.6 Å². The summed E-state index contributed by atoms with van der Waals surface area (Å²) in [6.07, 6.45) is 1.31. The first-order valence-electron chi connectivity index (χ1n) is 8.91. The van der Waals surface area contributed by atoms with Crippen molar-refractivity contribution in [1.29, 1.82) is 0 Å². The second-order valence-electron chi connectivity index (χ2n) is 6.10. The van der Waals surface area contributed by atoms with E-state index in [9.17, 15) is 4.79 Å². The second kappa shape index (κ2) is 8.43. The number of aromatic nitrogens is 5. The Morgan fingerprint density at radius 1 is 1.19 bits per heavy atom. The van der Waals surface area contributed by atoms with Crippen molar-refractivity contribution in [2.45, 2.75) is 40.2 Å². The van der Waals surface area contributed by atoms with Crippen LogP contribution in [0.5, 0.6) is 0 Å². The molecule has 0 fully saturated rings. The molecular weight excluding hydrogens is 346 g/mol. The van der Waals surface area contributed by atoms with Crippen LogP contribution < -0.4 is 5.32 Å². The Morgan fingerprint density at radius 2 is 1.93 bits per heavy atom. The van der Waals surface area contributed by atoms with E-state index in [1.165, 1.54) is 0 Å². The molecule has 0 spiro atoms. The van der Waals surface area contributed by atoms with Crippen LogP contribution in [0.4, 0.5) is 10.5 Å². The Labute approximate surface area is 157 Å². The van der Waals surface area contributed by atoms with Crippen LogP contribution in [0, 0.1) is 6.92 Å². The molecule has 0 radical (unpaired) electrons. The lowest BCUT2D eigenvalue weighted by Crippen LogP contribution is -2.34. The molecule has 0 atom stereocenters. The summed E-state index contributed by atoms with van der Waals surface area (Å²) >= 11 is 0. The highest BCUT2D eigenvalue weighted by atomic mass is 16.4.